The van der Waals surface area contributed by atoms with E-state index in [1.54, 1.807) is 22.8 Å². The van der Waals surface area contributed by atoms with Crippen molar-refractivity contribution in [3.05, 3.63) is 38.7 Å². The molecule has 0 radical (unpaired) electrons. The molecule has 2 heterocycles. The van der Waals surface area contributed by atoms with Crippen molar-refractivity contribution in [3.63, 3.8) is 0 Å². The smallest absolute Gasteiger partial charge is 0.241 e. The lowest BCUT2D eigenvalue weighted by atomic mass is 9.92. The second-order valence-electron chi connectivity index (χ2n) is 5.46. The Balaban J connectivity index is 2.07. The molecule has 0 aliphatic heterocycles. The van der Waals surface area contributed by atoms with Crippen LogP contribution < -0.4 is 10.0 Å². The van der Waals surface area contributed by atoms with Crippen molar-refractivity contribution >= 4 is 32.7 Å². The third kappa shape index (κ3) is 4.14. The number of sulfonamides is 1. The lowest BCUT2D eigenvalue weighted by molar-refractivity contribution is 0.509. The molecule has 7 heteroatoms. The van der Waals surface area contributed by atoms with Gasteiger partial charge in [-0.3, -0.25) is 0 Å². The van der Waals surface area contributed by atoms with Crippen molar-refractivity contribution in [2.24, 2.45) is 0 Å². The minimum Gasteiger partial charge on any atom is -0.315 e. The lowest BCUT2D eigenvalue weighted by Crippen LogP contribution is -2.36. The highest BCUT2D eigenvalue weighted by Crippen LogP contribution is 2.27. The number of nitrogens with one attached hydrogen (secondary N) is 2. The Hall–Kier alpha value is -0.730. The van der Waals surface area contributed by atoms with Gasteiger partial charge in [0.1, 0.15) is 0 Å². The third-order valence-electron chi connectivity index (χ3n) is 3.18. The molecule has 0 aromatic carbocycles. The van der Waals surface area contributed by atoms with E-state index >= 15 is 0 Å². The van der Waals surface area contributed by atoms with Gasteiger partial charge in [0.2, 0.25) is 10.0 Å². The molecule has 0 unspecified atom stereocenters. The molecule has 0 fully saturated rings. The molecular formula is C14H20N2O2S3. The summed E-state index contributed by atoms with van der Waals surface area (Å²) in [5.41, 5.74) is -0.217. The topological polar surface area (TPSA) is 58.2 Å². The largest absolute Gasteiger partial charge is 0.315 e. The van der Waals surface area contributed by atoms with Crippen LogP contribution in [-0.4, -0.2) is 22.0 Å². The minimum absolute atomic E-state index is 0.217. The number of hydrogen-bond acceptors (Lipinski definition) is 5. The number of thiophene rings is 2. The van der Waals surface area contributed by atoms with Crippen LogP contribution in [0.4, 0.5) is 0 Å². The Morgan fingerprint density at radius 3 is 2.67 bits per heavy atom. The number of hydrogen-bond donors (Lipinski definition) is 2. The van der Waals surface area contributed by atoms with Gasteiger partial charge in [0, 0.05) is 33.6 Å². The van der Waals surface area contributed by atoms with Crippen LogP contribution in [0.1, 0.15) is 23.6 Å². The fourth-order valence-electron chi connectivity index (χ4n) is 1.88. The fraction of sp³-hybridized carbons (Fsp3) is 0.429. The predicted molar refractivity (Wildman–Crippen MR) is 89.6 cm³/mol. The summed E-state index contributed by atoms with van der Waals surface area (Å²) < 4.78 is 27.4. The average Bonchev–Trinajstić information content (AvgIpc) is 3.08. The van der Waals surface area contributed by atoms with E-state index in [4.69, 9.17) is 0 Å². The van der Waals surface area contributed by atoms with Gasteiger partial charge < -0.3 is 5.32 Å². The van der Waals surface area contributed by atoms with Crippen LogP contribution in [-0.2, 0) is 22.0 Å². The van der Waals surface area contributed by atoms with Crippen LogP contribution >= 0.6 is 22.7 Å². The highest BCUT2D eigenvalue weighted by Gasteiger charge is 2.25. The van der Waals surface area contributed by atoms with E-state index in [9.17, 15) is 8.42 Å². The zero-order valence-electron chi connectivity index (χ0n) is 12.3. The van der Waals surface area contributed by atoms with Gasteiger partial charge in [-0.2, -0.15) is 0 Å². The van der Waals surface area contributed by atoms with E-state index in [0.717, 1.165) is 4.88 Å². The molecule has 0 aliphatic rings. The zero-order chi connectivity index (χ0) is 15.5. The third-order valence-corrected chi connectivity index (χ3v) is 6.89. The van der Waals surface area contributed by atoms with Crippen molar-refractivity contribution in [2.75, 3.05) is 13.6 Å². The van der Waals surface area contributed by atoms with Gasteiger partial charge in [0.05, 0.1) is 4.90 Å². The molecule has 2 aromatic heterocycles. The first-order chi connectivity index (χ1) is 9.85. The van der Waals surface area contributed by atoms with Gasteiger partial charge in [-0.25, -0.2) is 13.1 Å². The summed E-state index contributed by atoms with van der Waals surface area (Å²) in [6, 6.07) is 5.75. The molecule has 21 heavy (non-hydrogen) atoms. The van der Waals surface area contributed by atoms with Crippen LogP contribution in [0.25, 0.3) is 0 Å². The Labute approximate surface area is 134 Å². The molecule has 0 spiro atoms. The summed E-state index contributed by atoms with van der Waals surface area (Å²) in [7, 11) is -1.60. The quantitative estimate of drug-likeness (QED) is 0.812. The fourth-order valence-corrected chi connectivity index (χ4v) is 5.23. The summed E-state index contributed by atoms with van der Waals surface area (Å²) in [4.78, 5) is 2.53. The van der Waals surface area contributed by atoms with Crippen molar-refractivity contribution in [1.82, 2.24) is 10.0 Å². The normalized spacial score (nSPS) is 12.7. The predicted octanol–water partition coefficient (Wildman–Crippen LogP) is 2.79. The highest BCUT2D eigenvalue weighted by molar-refractivity contribution is 7.89. The summed E-state index contributed by atoms with van der Waals surface area (Å²) >= 11 is 3.10. The second-order valence-corrected chi connectivity index (χ2v) is 9.18. The van der Waals surface area contributed by atoms with Crippen LogP contribution in [0.3, 0.4) is 0 Å². The Kier molecular flexibility index (Phi) is 5.21. The van der Waals surface area contributed by atoms with E-state index in [1.807, 2.05) is 38.4 Å². The average molecular weight is 345 g/mol. The Bertz CT molecular complexity index is 673. The molecule has 0 amide bonds. The summed E-state index contributed by atoms with van der Waals surface area (Å²) in [5, 5.41) is 6.72. The van der Waals surface area contributed by atoms with Crippen LogP contribution in [0.5, 0.6) is 0 Å². The molecule has 0 saturated heterocycles. The van der Waals surface area contributed by atoms with Gasteiger partial charge in [-0.15, -0.1) is 22.7 Å². The maximum absolute atomic E-state index is 12.3. The van der Waals surface area contributed by atoms with Crippen LogP contribution in [0.2, 0.25) is 0 Å². The molecule has 0 atom stereocenters. The van der Waals surface area contributed by atoms with Crippen molar-refractivity contribution in [2.45, 2.75) is 30.7 Å². The van der Waals surface area contributed by atoms with E-state index in [0.29, 0.717) is 18.0 Å². The molecule has 0 bridgehead atoms. The maximum atomic E-state index is 12.3. The monoisotopic (exact) mass is 344 g/mol. The lowest BCUT2D eigenvalue weighted by Gasteiger charge is -2.23. The molecule has 4 nitrogen and oxygen atoms in total. The van der Waals surface area contributed by atoms with Crippen molar-refractivity contribution < 1.29 is 8.42 Å². The molecule has 2 N–H and O–H groups in total. The molecule has 116 valence electrons. The summed E-state index contributed by atoms with van der Waals surface area (Å²) in [5.74, 6) is 0. The van der Waals surface area contributed by atoms with E-state index in [1.165, 1.54) is 16.2 Å². The van der Waals surface area contributed by atoms with Crippen LogP contribution in [0, 0.1) is 0 Å². The minimum atomic E-state index is -3.44. The van der Waals surface area contributed by atoms with E-state index in [-0.39, 0.29) is 5.41 Å². The van der Waals surface area contributed by atoms with E-state index < -0.39 is 10.0 Å². The first-order valence-corrected chi connectivity index (χ1v) is 9.85. The molecule has 2 rings (SSSR count). The van der Waals surface area contributed by atoms with Crippen molar-refractivity contribution in [1.29, 1.82) is 0 Å². The van der Waals surface area contributed by atoms with Gasteiger partial charge in [-0.1, -0.05) is 19.9 Å². The van der Waals surface area contributed by atoms with Gasteiger partial charge in [0.25, 0.3) is 0 Å². The Morgan fingerprint density at radius 1 is 1.29 bits per heavy atom. The number of rotatable bonds is 7. The van der Waals surface area contributed by atoms with Gasteiger partial charge >= 0.3 is 0 Å². The first kappa shape index (κ1) is 16.6. The molecule has 2 aromatic rings. The molecule has 0 saturated carbocycles. The SMILES string of the molecule is CNCc1cc(S(=O)(=O)NCC(C)(C)c2cccs2)cs1. The van der Waals surface area contributed by atoms with Gasteiger partial charge in [0.15, 0.2) is 0 Å². The maximum Gasteiger partial charge on any atom is 0.241 e. The standard InChI is InChI=1S/C14H20N2O2S3/c1-14(2,13-5-4-6-19-13)10-16-21(17,18)12-7-11(8-15-3)20-9-12/h4-7,9,15-16H,8,10H2,1-3H3. The Morgan fingerprint density at radius 2 is 2.05 bits per heavy atom. The van der Waals surface area contributed by atoms with Crippen LogP contribution in [0.15, 0.2) is 33.9 Å². The zero-order valence-corrected chi connectivity index (χ0v) is 14.8. The second kappa shape index (κ2) is 6.58. The summed E-state index contributed by atoms with van der Waals surface area (Å²) in [6.45, 7) is 5.15. The van der Waals surface area contributed by atoms with Gasteiger partial charge in [-0.05, 0) is 24.6 Å². The molecular weight excluding hydrogens is 324 g/mol. The van der Waals surface area contributed by atoms with Crippen molar-refractivity contribution in [3.8, 4) is 0 Å². The highest BCUT2D eigenvalue weighted by atomic mass is 32.2. The van der Waals surface area contributed by atoms with E-state index in [2.05, 4.69) is 10.0 Å². The summed E-state index contributed by atoms with van der Waals surface area (Å²) in [6.07, 6.45) is 0. The first-order valence-electron chi connectivity index (χ1n) is 6.61. The molecule has 0 aliphatic carbocycles.